The Balaban J connectivity index is 0.000000290. The molecule has 113 heavy (non-hydrogen) atoms. The summed E-state index contributed by atoms with van der Waals surface area (Å²) >= 11 is 0. The molecule has 4 aliphatic carbocycles. The molecule has 0 amide bonds. The molecule has 0 aromatic heterocycles. The molecule has 0 saturated heterocycles. The lowest BCUT2D eigenvalue weighted by atomic mass is 9.79. The van der Waals surface area contributed by atoms with Crippen LogP contribution in [0.2, 0.25) is 0 Å². The van der Waals surface area contributed by atoms with E-state index in [1.54, 1.807) is 132 Å². The van der Waals surface area contributed by atoms with Gasteiger partial charge in [0.2, 0.25) is 0 Å². The van der Waals surface area contributed by atoms with Crippen molar-refractivity contribution in [2.75, 3.05) is 0 Å². The van der Waals surface area contributed by atoms with E-state index in [9.17, 15) is 52.7 Å². The highest BCUT2D eigenvalue weighted by Crippen LogP contribution is 2.40. The Labute approximate surface area is 670 Å². The topological polar surface area (TPSA) is 18.5 Å². The van der Waals surface area contributed by atoms with Gasteiger partial charge in [0.1, 0.15) is 0 Å². The number of halogens is 12. The van der Waals surface area contributed by atoms with Crippen molar-refractivity contribution in [3.8, 4) is 33.4 Å². The molecule has 2 nitrogen and oxygen atoms in total. The fourth-order valence-corrected chi connectivity index (χ4v) is 14.6. The summed E-state index contributed by atoms with van der Waals surface area (Å²) < 4.78 is 176. The summed E-state index contributed by atoms with van der Waals surface area (Å²) in [6.45, 7) is 23.3. The van der Waals surface area contributed by atoms with Crippen LogP contribution in [0.15, 0.2) is 146 Å². The van der Waals surface area contributed by atoms with Crippen LogP contribution in [0.3, 0.4) is 0 Å². The zero-order valence-electron chi connectivity index (χ0n) is 65.7. The van der Waals surface area contributed by atoms with Gasteiger partial charge in [-0.1, -0.05) is 260 Å². The molecular formula is C99H126F12O2. The molecular weight excluding hydrogens is 1450 g/mol. The Hall–Kier alpha value is -7.94. The third kappa shape index (κ3) is 27.4. The Bertz CT molecular complexity index is 4230. The number of rotatable bonds is 14. The van der Waals surface area contributed by atoms with Crippen molar-refractivity contribution in [3.05, 3.63) is 282 Å². The van der Waals surface area contributed by atoms with Crippen molar-refractivity contribution in [1.29, 1.82) is 0 Å². The van der Waals surface area contributed by atoms with Gasteiger partial charge in [0.15, 0.2) is 69.8 Å². The van der Waals surface area contributed by atoms with E-state index in [1.807, 2.05) is 57.2 Å². The zero-order chi connectivity index (χ0) is 79.2. The predicted octanol–water partition coefficient (Wildman–Crippen LogP) is 31.5. The minimum atomic E-state index is -0.804. The third-order valence-electron chi connectivity index (χ3n) is 22.3. The Morgan fingerprint density at radius 1 is 0.274 bits per heavy atom. The second-order valence-electron chi connectivity index (χ2n) is 31.1. The lowest BCUT2D eigenvalue weighted by Crippen LogP contribution is -2.21. The lowest BCUT2D eigenvalue weighted by molar-refractivity contribution is 0.00527. The summed E-state index contributed by atoms with van der Waals surface area (Å²) in [6.07, 6.45) is 20.2. The molecule has 14 heteroatoms. The van der Waals surface area contributed by atoms with Crippen molar-refractivity contribution >= 4 is 0 Å². The Kier molecular flexibility index (Phi) is 40.7. The fraction of sp³-hybridized carbons (Fsp3) is 0.455. The lowest BCUT2D eigenvalue weighted by Gasteiger charge is -2.27. The first kappa shape index (κ1) is 97.4. The SMILES string of the molecule is C.C.C.C.CC1CCC(OCc2ccc(COC3CCC(C)CC3)c(F)c2F)CC1.CCCc1ccc(C)c(F)c1F.CCc1ccc(C)c(F)c1F.Cc1ccc(-c2ccc(-c3ccc(C)cc3)c(F)c2F)cc1.Cc1ccc(-c2ccc(C3CCC(C)CC3)cc2)c(F)c1F.Cc1ccc(C2CCC(C)CC2)c(F)c1F. The van der Waals surface area contributed by atoms with Crippen LogP contribution in [0.25, 0.3) is 33.4 Å². The molecule has 0 aliphatic heterocycles. The molecule has 618 valence electrons. The molecule has 0 atom stereocenters. The van der Waals surface area contributed by atoms with E-state index in [0.29, 0.717) is 85.5 Å². The van der Waals surface area contributed by atoms with Gasteiger partial charge in [-0.15, -0.1) is 0 Å². The molecule has 4 aliphatic rings. The standard InChI is InChI=1S/C22H32F2O2.C20H16F2.C20H22F2.C14H18F2.C10H12F2.C9H10F2.4CH4/c1-15-3-9-19(10-4-15)25-13-17-7-8-18(22(24)21(17)23)14-26-20-11-5-16(2)6-12-20;1-13-3-7-15(8-4-13)17-11-12-18(20(22)19(17)21)16-9-5-14(2)6-10-16;1-13-3-6-15(7-4-13)16-8-10-17(11-9-16)18-12-5-14(2)19(21)20(18)22;1-9-3-6-11(7-4-9)12-8-5-10(2)13(15)14(12)16;1-3-4-8-6-5-7(2)9(11)10(8)12;1-3-7-5-4-6(2)8(10)9(7)11;;;;/h7-8,15-16,19-20H,3-6,9-14H2,1-2H3;3-12H,1-2H3;5,8-13,15H,3-4,6-7H2,1-2H3;5,8-9,11H,3-4,6-7H2,1-2H3;5-6H,3-4H2,1-2H3;4-5H,3H2,1-2H3;4*1H4. The monoisotopic (exact) mass is 1570 g/mol. The van der Waals surface area contributed by atoms with Crippen molar-refractivity contribution in [1.82, 2.24) is 0 Å². The molecule has 4 saturated carbocycles. The molecule has 4 fully saturated rings. The maximum atomic E-state index is 14.4. The predicted molar refractivity (Wildman–Crippen MR) is 446 cm³/mol. The number of ether oxygens (including phenoxy) is 2. The van der Waals surface area contributed by atoms with Crippen LogP contribution in [0.1, 0.15) is 259 Å². The van der Waals surface area contributed by atoms with Crippen molar-refractivity contribution in [2.45, 2.75) is 272 Å². The van der Waals surface area contributed by atoms with E-state index in [4.69, 9.17) is 9.47 Å². The molecule has 0 bridgehead atoms. The molecule has 13 rings (SSSR count). The highest BCUT2D eigenvalue weighted by atomic mass is 19.2. The second kappa shape index (κ2) is 47.2. The summed E-state index contributed by atoms with van der Waals surface area (Å²) in [5, 5.41) is 0. The highest BCUT2D eigenvalue weighted by Gasteiger charge is 2.27. The zero-order valence-corrected chi connectivity index (χ0v) is 65.7. The first-order chi connectivity index (χ1) is 52.1. The molecule has 0 radical (unpaired) electrons. The first-order valence-corrected chi connectivity index (χ1v) is 39.2. The van der Waals surface area contributed by atoms with Gasteiger partial charge in [0.25, 0.3) is 0 Å². The van der Waals surface area contributed by atoms with Crippen molar-refractivity contribution in [3.63, 3.8) is 0 Å². The van der Waals surface area contributed by atoms with Crippen LogP contribution >= 0.6 is 0 Å². The van der Waals surface area contributed by atoms with Gasteiger partial charge < -0.3 is 9.47 Å². The summed E-state index contributed by atoms with van der Waals surface area (Å²) in [6, 6.07) is 42.5. The molecule has 9 aromatic rings. The van der Waals surface area contributed by atoms with E-state index < -0.39 is 69.8 Å². The Morgan fingerprint density at radius 3 is 0.938 bits per heavy atom. The number of hydrogen-bond acceptors (Lipinski definition) is 2. The van der Waals surface area contributed by atoms with Crippen LogP contribution < -0.4 is 0 Å². The van der Waals surface area contributed by atoms with Crippen molar-refractivity contribution < 1.29 is 62.2 Å². The van der Waals surface area contributed by atoms with Gasteiger partial charge in [-0.3, -0.25) is 0 Å². The Morgan fingerprint density at radius 2 is 0.558 bits per heavy atom. The molecule has 9 aromatic carbocycles. The van der Waals surface area contributed by atoms with Crippen LogP contribution in [0.5, 0.6) is 0 Å². The van der Waals surface area contributed by atoms with Crippen LogP contribution in [-0.4, -0.2) is 12.2 Å². The maximum Gasteiger partial charge on any atom is 0.167 e. The second-order valence-corrected chi connectivity index (χ2v) is 31.1. The molecule has 0 heterocycles. The van der Waals surface area contributed by atoms with Gasteiger partial charge in [-0.2, -0.15) is 0 Å². The van der Waals surface area contributed by atoms with Gasteiger partial charge in [-0.25, -0.2) is 52.7 Å². The fourth-order valence-electron chi connectivity index (χ4n) is 14.6. The van der Waals surface area contributed by atoms with Crippen LogP contribution in [-0.2, 0) is 35.5 Å². The first-order valence-electron chi connectivity index (χ1n) is 39.2. The minimum Gasteiger partial charge on any atom is -0.373 e. The smallest absolute Gasteiger partial charge is 0.167 e. The van der Waals surface area contributed by atoms with E-state index >= 15 is 0 Å². The molecule has 0 N–H and O–H groups in total. The molecule has 0 spiro atoms. The highest BCUT2D eigenvalue weighted by molar-refractivity contribution is 5.72. The number of hydrogen-bond donors (Lipinski definition) is 0. The van der Waals surface area contributed by atoms with Gasteiger partial charge in [0, 0.05) is 27.8 Å². The summed E-state index contributed by atoms with van der Waals surface area (Å²) in [5.41, 5.74) is 10.1. The average molecular weight is 1580 g/mol. The average Bonchev–Trinajstić information content (AvgIpc) is 0.788. The summed E-state index contributed by atoms with van der Waals surface area (Å²) in [7, 11) is 0. The normalized spacial score (nSPS) is 18.9. The van der Waals surface area contributed by atoms with E-state index in [0.717, 1.165) is 124 Å². The van der Waals surface area contributed by atoms with E-state index in [1.165, 1.54) is 31.2 Å². The van der Waals surface area contributed by atoms with Crippen LogP contribution in [0, 0.1) is 135 Å². The number of aryl methyl sites for hydroxylation is 8. The minimum absolute atomic E-state index is 0. The van der Waals surface area contributed by atoms with Gasteiger partial charge in [-0.05, 0) is 228 Å². The van der Waals surface area contributed by atoms with E-state index in [2.05, 4.69) is 39.8 Å². The quantitative estimate of drug-likeness (QED) is 0.101. The van der Waals surface area contributed by atoms with Crippen LogP contribution in [0.4, 0.5) is 52.7 Å². The molecule has 0 unspecified atom stereocenters. The van der Waals surface area contributed by atoms with E-state index in [-0.39, 0.29) is 72.2 Å². The maximum absolute atomic E-state index is 14.4. The van der Waals surface area contributed by atoms with Gasteiger partial charge in [0.05, 0.1) is 25.4 Å². The van der Waals surface area contributed by atoms with Crippen molar-refractivity contribution in [2.24, 2.45) is 23.7 Å². The largest absolute Gasteiger partial charge is 0.373 e. The van der Waals surface area contributed by atoms with Gasteiger partial charge >= 0.3 is 0 Å². The summed E-state index contributed by atoms with van der Waals surface area (Å²) in [4.78, 5) is 0. The summed E-state index contributed by atoms with van der Waals surface area (Å²) in [5.74, 6) is -4.89. The number of benzene rings is 9. The third-order valence-corrected chi connectivity index (χ3v) is 22.3.